The summed E-state index contributed by atoms with van der Waals surface area (Å²) in [7, 11) is 1.51. The van der Waals surface area contributed by atoms with Gasteiger partial charge >= 0.3 is 0 Å². The molecule has 0 saturated carbocycles. The SMILES string of the molecule is CCCC(C)(N)C(=O)NC1CCN(C(=O)COC)CC1. The molecule has 6 nitrogen and oxygen atoms in total. The topological polar surface area (TPSA) is 84.7 Å². The van der Waals surface area contributed by atoms with Crippen molar-refractivity contribution >= 4 is 11.8 Å². The van der Waals surface area contributed by atoms with Crippen LogP contribution in [0.4, 0.5) is 0 Å². The second kappa shape index (κ2) is 7.59. The first-order valence-corrected chi connectivity index (χ1v) is 7.27. The molecule has 6 heteroatoms. The lowest BCUT2D eigenvalue weighted by Gasteiger charge is -2.34. The van der Waals surface area contributed by atoms with E-state index in [2.05, 4.69) is 5.32 Å². The van der Waals surface area contributed by atoms with E-state index in [0.29, 0.717) is 19.5 Å². The number of hydrogen-bond donors (Lipinski definition) is 2. The smallest absolute Gasteiger partial charge is 0.248 e. The molecule has 1 heterocycles. The number of piperidine rings is 1. The van der Waals surface area contributed by atoms with Gasteiger partial charge in [-0.15, -0.1) is 0 Å². The first-order valence-electron chi connectivity index (χ1n) is 7.27. The fourth-order valence-electron chi connectivity index (χ4n) is 2.47. The average Bonchev–Trinajstić information content (AvgIpc) is 2.39. The van der Waals surface area contributed by atoms with Gasteiger partial charge < -0.3 is 20.7 Å². The van der Waals surface area contributed by atoms with E-state index in [4.69, 9.17) is 10.5 Å². The first-order chi connectivity index (χ1) is 9.40. The summed E-state index contributed by atoms with van der Waals surface area (Å²) in [5.74, 6) is -0.0899. The first kappa shape index (κ1) is 16.9. The number of carbonyl (C=O) groups is 2. The van der Waals surface area contributed by atoms with E-state index in [-0.39, 0.29) is 24.5 Å². The van der Waals surface area contributed by atoms with Crippen LogP contribution in [0.15, 0.2) is 0 Å². The van der Waals surface area contributed by atoms with Crippen LogP contribution in [0.3, 0.4) is 0 Å². The number of amides is 2. The number of carbonyl (C=O) groups excluding carboxylic acids is 2. The van der Waals surface area contributed by atoms with Gasteiger partial charge in [0.25, 0.3) is 0 Å². The molecule has 1 saturated heterocycles. The number of ether oxygens (including phenoxy) is 1. The van der Waals surface area contributed by atoms with Gasteiger partial charge in [0, 0.05) is 26.2 Å². The minimum Gasteiger partial charge on any atom is -0.375 e. The Morgan fingerprint density at radius 1 is 1.40 bits per heavy atom. The molecule has 0 spiro atoms. The van der Waals surface area contributed by atoms with Crippen LogP contribution in [0.25, 0.3) is 0 Å². The molecule has 1 fully saturated rings. The van der Waals surface area contributed by atoms with Crippen LogP contribution in [0, 0.1) is 0 Å². The Labute approximate surface area is 121 Å². The van der Waals surface area contributed by atoms with Crippen molar-refractivity contribution in [1.82, 2.24) is 10.2 Å². The lowest BCUT2D eigenvalue weighted by molar-refractivity contribution is -0.136. The van der Waals surface area contributed by atoms with E-state index in [0.717, 1.165) is 19.3 Å². The van der Waals surface area contributed by atoms with Gasteiger partial charge in [-0.1, -0.05) is 13.3 Å². The van der Waals surface area contributed by atoms with Gasteiger partial charge in [-0.2, -0.15) is 0 Å². The quantitative estimate of drug-likeness (QED) is 0.733. The summed E-state index contributed by atoms with van der Waals surface area (Å²) in [6.07, 6.45) is 3.08. The number of nitrogens with one attached hydrogen (secondary N) is 1. The summed E-state index contributed by atoms with van der Waals surface area (Å²) in [6, 6.07) is 0.105. The van der Waals surface area contributed by atoms with Gasteiger partial charge in [0.2, 0.25) is 11.8 Å². The Morgan fingerprint density at radius 3 is 2.50 bits per heavy atom. The lowest BCUT2D eigenvalue weighted by Crippen LogP contribution is -2.56. The van der Waals surface area contributed by atoms with Crippen molar-refractivity contribution in [2.45, 2.75) is 51.1 Å². The maximum atomic E-state index is 12.1. The van der Waals surface area contributed by atoms with E-state index in [9.17, 15) is 9.59 Å². The molecule has 0 aromatic heterocycles. The molecule has 2 amide bonds. The Bertz CT molecular complexity index is 337. The normalized spacial score (nSPS) is 19.5. The fourth-order valence-corrected chi connectivity index (χ4v) is 2.47. The molecule has 1 unspecified atom stereocenters. The molecule has 1 aliphatic rings. The van der Waals surface area contributed by atoms with Crippen LogP contribution in [0.5, 0.6) is 0 Å². The maximum absolute atomic E-state index is 12.1. The highest BCUT2D eigenvalue weighted by Gasteiger charge is 2.30. The molecular formula is C14H27N3O3. The summed E-state index contributed by atoms with van der Waals surface area (Å²) in [6.45, 7) is 5.21. The van der Waals surface area contributed by atoms with Crippen molar-refractivity contribution in [2.24, 2.45) is 5.73 Å². The van der Waals surface area contributed by atoms with E-state index >= 15 is 0 Å². The summed E-state index contributed by atoms with van der Waals surface area (Å²) in [5, 5.41) is 3.00. The van der Waals surface area contributed by atoms with Crippen molar-refractivity contribution in [3.8, 4) is 0 Å². The van der Waals surface area contributed by atoms with E-state index in [1.807, 2.05) is 6.92 Å². The molecule has 1 rings (SSSR count). The summed E-state index contributed by atoms with van der Waals surface area (Å²) in [4.78, 5) is 25.5. The number of hydrogen-bond acceptors (Lipinski definition) is 4. The van der Waals surface area contributed by atoms with E-state index < -0.39 is 5.54 Å². The Balaban J connectivity index is 2.39. The molecule has 20 heavy (non-hydrogen) atoms. The zero-order valence-electron chi connectivity index (χ0n) is 12.8. The number of methoxy groups -OCH3 is 1. The fraction of sp³-hybridized carbons (Fsp3) is 0.857. The molecule has 0 aromatic rings. The molecule has 1 aliphatic heterocycles. The molecule has 1 atom stereocenters. The molecule has 0 aliphatic carbocycles. The average molecular weight is 285 g/mol. The number of nitrogens with two attached hydrogens (primary N) is 1. The number of rotatable bonds is 6. The van der Waals surface area contributed by atoms with Crippen molar-refractivity contribution in [3.05, 3.63) is 0 Å². The van der Waals surface area contributed by atoms with Crippen LogP contribution >= 0.6 is 0 Å². The molecule has 0 bridgehead atoms. The van der Waals surface area contributed by atoms with Crippen LogP contribution < -0.4 is 11.1 Å². The van der Waals surface area contributed by atoms with E-state index in [1.165, 1.54) is 7.11 Å². The minimum absolute atomic E-state index is 0.00641. The predicted octanol–water partition coefficient (Wildman–Crippen LogP) is 0.258. The van der Waals surface area contributed by atoms with Crippen molar-refractivity contribution in [3.63, 3.8) is 0 Å². The zero-order chi connectivity index (χ0) is 15.2. The van der Waals surface area contributed by atoms with Crippen LogP contribution in [0.1, 0.15) is 39.5 Å². The third-order valence-corrected chi connectivity index (χ3v) is 3.74. The van der Waals surface area contributed by atoms with Crippen molar-refractivity contribution in [2.75, 3.05) is 26.8 Å². The minimum atomic E-state index is -0.808. The van der Waals surface area contributed by atoms with Crippen molar-refractivity contribution < 1.29 is 14.3 Å². The van der Waals surface area contributed by atoms with Gasteiger partial charge in [-0.05, 0) is 26.2 Å². The number of nitrogens with zero attached hydrogens (tertiary/aromatic N) is 1. The van der Waals surface area contributed by atoms with Crippen LogP contribution in [-0.2, 0) is 14.3 Å². The molecular weight excluding hydrogens is 258 g/mol. The van der Waals surface area contributed by atoms with Gasteiger partial charge in [-0.3, -0.25) is 9.59 Å². The zero-order valence-corrected chi connectivity index (χ0v) is 12.8. The van der Waals surface area contributed by atoms with Gasteiger partial charge in [0.1, 0.15) is 6.61 Å². The second-order valence-corrected chi connectivity index (χ2v) is 5.73. The number of likely N-dealkylation sites (tertiary alicyclic amines) is 1. The monoisotopic (exact) mass is 285 g/mol. The highest BCUT2D eigenvalue weighted by atomic mass is 16.5. The van der Waals surface area contributed by atoms with Crippen LogP contribution in [-0.4, -0.2) is 55.1 Å². The highest BCUT2D eigenvalue weighted by Crippen LogP contribution is 2.14. The molecule has 116 valence electrons. The predicted molar refractivity (Wildman–Crippen MR) is 77.1 cm³/mol. The van der Waals surface area contributed by atoms with Gasteiger partial charge in [0.15, 0.2) is 0 Å². The van der Waals surface area contributed by atoms with Gasteiger partial charge in [-0.25, -0.2) is 0 Å². The summed E-state index contributed by atoms with van der Waals surface area (Å²) < 4.78 is 4.84. The van der Waals surface area contributed by atoms with Crippen molar-refractivity contribution in [1.29, 1.82) is 0 Å². The Hall–Kier alpha value is -1.14. The lowest BCUT2D eigenvalue weighted by atomic mass is 9.95. The molecule has 3 N–H and O–H groups in total. The molecule has 0 radical (unpaired) electrons. The maximum Gasteiger partial charge on any atom is 0.248 e. The third-order valence-electron chi connectivity index (χ3n) is 3.74. The Kier molecular flexibility index (Phi) is 6.42. The largest absolute Gasteiger partial charge is 0.375 e. The molecule has 0 aromatic carbocycles. The third kappa shape index (κ3) is 4.76. The second-order valence-electron chi connectivity index (χ2n) is 5.73. The summed E-state index contributed by atoms with van der Waals surface area (Å²) >= 11 is 0. The van der Waals surface area contributed by atoms with Gasteiger partial charge in [0.05, 0.1) is 5.54 Å². The summed E-state index contributed by atoms with van der Waals surface area (Å²) in [5.41, 5.74) is 5.20. The highest BCUT2D eigenvalue weighted by molar-refractivity contribution is 5.85. The Morgan fingerprint density at radius 2 is 2.00 bits per heavy atom. The van der Waals surface area contributed by atoms with Crippen LogP contribution in [0.2, 0.25) is 0 Å². The van der Waals surface area contributed by atoms with E-state index in [1.54, 1.807) is 11.8 Å². The standard InChI is InChI=1S/C14H27N3O3/c1-4-7-14(2,15)13(19)16-11-5-8-17(9-6-11)12(18)10-20-3/h11H,4-10,15H2,1-3H3,(H,16,19).